The first-order valence-electron chi connectivity index (χ1n) is 9.05. The monoisotopic (exact) mass is 460 g/mol. The zero-order valence-corrected chi connectivity index (χ0v) is 17.2. The molecule has 32 heavy (non-hydrogen) atoms. The number of methoxy groups -OCH3 is 1. The van der Waals surface area contributed by atoms with Gasteiger partial charge in [0.05, 0.1) is 23.7 Å². The average molecular weight is 460 g/mol. The van der Waals surface area contributed by atoms with Crippen LogP contribution < -0.4 is 20.7 Å². The summed E-state index contributed by atoms with van der Waals surface area (Å²) in [6.07, 6.45) is 0. The number of thiophene rings is 1. The molecule has 8 nitrogen and oxygen atoms in total. The number of ether oxygens (including phenoxy) is 2. The fraction of sp³-hybridized carbons (Fsp3) is 0.0952. The average Bonchev–Trinajstić information content (AvgIpc) is 3.19. The molecule has 0 atom stereocenters. The molecule has 2 aromatic heterocycles. The van der Waals surface area contributed by atoms with Crippen molar-refractivity contribution in [2.24, 2.45) is 0 Å². The standard InChI is InChI=1S/C21H14F2N2O6S/c1-30-11-2-4-13(22)10(6-11)8-31-12-3-5-14(23)16(7-12)25-19(26)17-15(24-21(25)29)9-32-18(17)20(27)28/h2-7,9H,8H2,1H3,(H,24,29)(H,27,28). The highest BCUT2D eigenvalue weighted by molar-refractivity contribution is 7.13. The zero-order chi connectivity index (χ0) is 23.0. The van der Waals surface area contributed by atoms with Gasteiger partial charge >= 0.3 is 11.7 Å². The number of halogens is 2. The number of hydrogen-bond donors (Lipinski definition) is 2. The van der Waals surface area contributed by atoms with Gasteiger partial charge in [0, 0.05) is 17.0 Å². The number of aromatic carboxylic acids is 1. The second-order valence-electron chi connectivity index (χ2n) is 6.59. The molecule has 0 unspecified atom stereocenters. The van der Waals surface area contributed by atoms with Gasteiger partial charge < -0.3 is 19.6 Å². The second-order valence-corrected chi connectivity index (χ2v) is 7.47. The summed E-state index contributed by atoms with van der Waals surface area (Å²) >= 11 is 0.768. The second kappa shape index (κ2) is 8.27. The van der Waals surface area contributed by atoms with Crippen molar-refractivity contribution < 1.29 is 28.2 Å². The molecule has 11 heteroatoms. The number of H-pyrrole nitrogens is 1. The highest BCUT2D eigenvalue weighted by Gasteiger charge is 2.20. The van der Waals surface area contributed by atoms with Gasteiger partial charge in [0.15, 0.2) is 0 Å². The van der Waals surface area contributed by atoms with Crippen molar-refractivity contribution in [1.29, 1.82) is 0 Å². The van der Waals surface area contributed by atoms with E-state index in [2.05, 4.69) is 4.98 Å². The summed E-state index contributed by atoms with van der Waals surface area (Å²) in [6.45, 7) is -0.230. The Bertz CT molecular complexity index is 1470. The molecule has 0 aliphatic carbocycles. The van der Waals surface area contributed by atoms with Crippen molar-refractivity contribution in [2.45, 2.75) is 6.61 Å². The van der Waals surface area contributed by atoms with E-state index in [1.54, 1.807) is 0 Å². The fourth-order valence-corrected chi connectivity index (χ4v) is 3.95. The lowest BCUT2D eigenvalue weighted by atomic mass is 10.2. The van der Waals surface area contributed by atoms with E-state index >= 15 is 0 Å². The van der Waals surface area contributed by atoms with Crippen LogP contribution in [0, 0.1) is 11.6 Å². The van der Waals surface area contributed by atoms with Crippen molar-refractivity contribution in [3.05, 3.63) is 84.7 Å². The van der Waals surface area contributed by atoms with E-state index in [0.717, 1.165) is 23.5 Å². The number of fused-ring (bicyclic) bond motifs is 1. The van der Waals surface area contributed by atoms with Crippen LogP contribution in [0.2, 0.25) is 0 Å². The summed E-state index contributed by atoms with van der Waals surface area (Å²) < 4.78 is 39.6. The molecule has 0 saturated heterocycles. The highest BCUT2D eigenvalue weighted by Crippen LogP contribution is 2.24. The van der Waals surface area contributed by atoms with Gasteiger partial charge in [-0.1, -0.05) is 0 Å². The minimum atomic E-state index is -1.35. The molecular weight excluding hydrogens is 446 g/mol. The van der Waals surface area contributed by atoms with Gasteiger partial charge in [-0.3, -0.25) is 4.79 Å². The van der Waals surface area contributed by atoms with Crippen LogP contribution in [0.25, 0.3) is 16.6 Å². The quantitative estimate of drug-likeness (QED) is 0.457. The number of nitrogens with one attached hydrogen (secondary N) is 1. The Kier molecular flexibility index (Phi) is 5.49. The van der Waals surface area contributed by atoms with Crippen LogP contribution in [0.4, 0.5) is 8.78 Å². The van der Waals surface area contributed by atoms with Crippen LogP contribution in [0.3, 0.4) is 0 Å². The predicted molar refractivity (Wildman–Crippen MR) is 112 cm³/mol. The van der Waals surface area contributed by atoms with E-state index in [0.29, 0.717) is 10.3 Å². The maximum Gasteiger partial charge on any atom is 0.346 e. The lowest BCUT2D eigenvalue weighted by Gasteiger charge is -2.11. The maximum absolute atomic E-state index is 14.6. The number of aromatic nitrogens is 2. The van der Waals surface area contributed by atoms with Crippen molar-refractivity contribution in [3.63, 3.8) is 0 Å². The molecule has 0 amide bonds. The van der Waals surface area contributed by atoms with Gasteiger partial charge in [0.1, 0.15) is 34.6 Å². The van der Waals surface area contributed by atoms with Crippen molar-refractivity contribution >= 4 is 28.2 Å². The number of carboxylic acids is 1. The Morgan fingerprint density at radius 2 is 1.84 bits per heavy atom. The summed E-state index contributed by atoms with van der Waals surface area (Å²) in [5, 5.41) is 10.4. The summed E-state index contributed by atoms with van der Waals surface area (Å²) in [5.41, 5.74) is -2.16. The van der Waals surface area contributed by atoms with Crippen LogP contribution in [0.1, 0.15) is 15.2 Å². The Morgan fingerprint density at radius 3 is 2.56 bits per heavy atom. The van der Waals surface area contributed by atoms with E-state index in [4.69, 9.17) is 9.47 Å². The first kappa shape index (κ1) is 21.2. The van der Waals surface area contributed by atoms with Gasteiger partial charge in [-0.05, 0) is 30.3 Å². The zero-order valence-electron chi connectivity index (χ0n) is 16.3. The number of hydrogen-bond acceptors (Lipinski definition) is 6. The smallest absolute Gasteiger partial charge is 0.346 e. The minimum absolute atomic E-state index is 0.0416. The third-order valence-electron chi connectivity index (χ3n) is 4.65. The van der Waals surface area contributed by atoms with Crippen LogP contribution in [0.15, 0.2) is 51.4 Å². The van der Waals surface area contributed by atoms with Crippen LogP contribution >= 0.6 is 11.3 Å². The minimum Gasteiger partial charge on any atom is -0.497 e. The lowest BCUT2D eigenvalue weighted by molar-refractivity contribution is 0.0704. The number of carboxylic acid groups (broad SMARTS) is 1. The molecule has 0 radical (unpaired) electrons. The molecular formula is C21H14F2N2O6S. The van der Waals surface area contributed by atoms with Crippen LogP contribution in [-0.4, -0.2) is 27.7 Å². The molecule has 2 heterocycles. The lowest BCUT2D eigenvalue weighted by Crippen LogP contribution is -2.34. The van der Waals surface area contributed by atoms with Crippen LogP contribution in [0.5, 0.6) is 11.5 Å². The van der Waals surface area contributed by atoms with Gasteiger partial charge in [0.25, 0.3) is 5.56 Å². The summed E-state index contributed by atoms with van der Waals surface area (Å²) in [7, 11) is 1.43. The van der Waals surface area contributed by atoms with Crippen LogP contribution in [-0.2, 0) is 6.61 Å². The molecule has 0 spiro atoms. The molecule has 4 rings (SSSR count). The normalized spacial score (nSPS) is 11.0. The van der Waals surface area contributed by atoms with E-state index < -0.39 is 34.5 Å². The summed E-state index contributed by atoms with van der Waals surface area (Å²) in [6, 6.07) is 7.42. The highest BCUT2D eigenvalue weighted by atomic mass is 32.1. The Morgan fingerprint density at radius 1 is 1.12 bits per heavy atom. The first-order valence-corrected chi connectivity index (χ1v) is 9.93. The van der Waals surface area contributed by atoms with Crippen molar-refractivity contribution in [1.82, 2.24) is 9.55 Å². The largest absolute Gasteiger partial charge is 0.497 e. The number of nitrogens with zero attached hydrogens (tertiary/aromatic N) is 1. The molecule has 0 aliphatic rings. The number of carbonyl (C=O) groups is 1. The van der Waals surface area contributed by atoms with E-state index in [-0.39, 0.29) is 33.7 Å². The van der Waals surface area contributed by atoms with E-state index in [1.807, 2.05) is 0 Å². The van der Waals surface area contributed by atoms with Gasteiger partial charge in [0.2, 0.25) is 0 Å². The molecule has 2 aromatic carbocycles. The molecule has 0 fully saturated rings. The number of benzene rings is 2. The van der Waals surface area contributed by atoms with Gasteiger partial charge in [-0.2, -0.15) is 0 Å². The molecule has 2 N–H and O–H groups in total. The Balaban J connectivity index is 1.76. The first-order chi connectivity index (χ1) is 15.3. The Labute approximate surface area is 181 Å². The molecule has 4 aromatic rings. The van der Waals surface area contributed by atoms with Crippen molar-refractivity contribution in [2.75, 3.05) is 7.11 Å². The molecule has 0 aliphatic heterocycles. The van der Waals surface area contributed by atoms with Gasteiger partial charge in [-0.15, -0.1) is 11.3 Å². The van der Waals surface area contributed by atoms with Gasteiger partial charge in [-0.25, -0.2) is 22.9 Å². The molecule has 164 valence electrons. The third-order valence-corrected chi connectivity index (χ3v) is 5.62. The third kappa shape index (κ3) is 3.73. The maximum atomic E-state index is 14.6. The number of aromatic amines is 1. The SMILES string of the molecule is COc1ccc(F)c(COc2ccc(F)c(-n3c(=O)[nH]c4csc(C(=O)O)c4c3=O)c2)c1. The number of rotatable bonds is 6. The fourth-order valence-electron chi connectivity index (χ4n) is 3.12. The topological polar surface area (TPSA) is 111 Å². The molecule has 0 bridgehead atoms. The van der Waals surface area contributed by atoms with E-state index in [9.17, 15) is 28.3 Å². The summed E-state index contributed by atoms with van der Waals surface area (Å²) in [4.78, 5) is 38.9. The summed E-state index contributed by atoms with van der Waals surface area (Å²) in [5.74, 6) is -2.33. The van der Waals surface area contributed by atoms with Crippen molar-refractivity contribution in [3.8, 4) is 17.2 Å². The van der Waals surface area contributed by atoms with E-state index in [1.165, 1.54) is 36.8 Å². The molecule has 0 saturated carbocycles. The Hall–Kier alpha value is -3.99. The predicted octanol–water partition coefficient (Wildman–Crippen LogP) is 3.30.